The zero-order valence-corrected chi connectivity index (χ0v) is 18.8. The van der Waals surface area contributed by atoms with Gasteiger partial charge in [-0.05, 0) is 64.8 Å². The monoisotopic (exact) mass is 413 g/mol. The molecule has 1 aromatic heterocycles. The zero-order valence-electron chi connectivity index (χ0n) is 18.8. The van der Waals surface area contributed by atoms with Gasteiger partial charge in [-0.3, -0.25) is 9.69 Å². The standard InChI is InChI=1S/C24H35N3O3/c1-5-27(6-2)24(28)21-10-8-13-26(17-21)16-20-9-7-11-22(15-20)29-14-12-23-18(3)25-30-19(23)4/h7,9,11,15,21H,5-6,8,10,12-14,16-17H2,1-4H3. The average Bonchev–Trinajstić information content (AvgIpc) is 3.07. The lowest BCUT2D eigenvalue weighted by Crippen LogP contribution is -2.44. The van der Waals surface area contributed by atoms with Crippen molar-refractivity contribution in [2.45, 2.75) is 53.5 Å². The molecule has 1 atom stereocenters. The lowest BCUT2D eigenvalue weighted by molar-refractivity contribution is -0.137. The molecule has 0 bridgehead atoms. The molecular formula is C24H35N3O3. The highest BCUT2D eigenvalue weighted by atomic mass is 16.5. The summed E-state index contributed by atoms with van der Waals surface area (Å²) in [6.45, 7) is 12.9. The van der Waals surface area contributed by atoms with Crippen molar-refractivity contribution in [3.8, 4) is 5.75 Å². The van der Waals surface area contributed by atoms with E-state index in [1.807, 2.05) is 30.9 Å². The van der Waals surface area contributed by atoms with Crippen LogP contribution < -0.4 is 4.74 Å². The summed E-state index contributed by atoms with van der Waals surface area (Å²) in [5.41, 5.74) is 3.29. The van der Waals surface area contributed by atoms with Crippen LogP contribution in [0.3, 0.4) is 0 Å². The molecule has 3 rings (SSSR count). The van der Waals surface area contributed by atoms with Gasteiger partial charge in [0.1, 0.15) is 11.5 Å². The molecule has 6 heteroatoms. The molecule has 2 heterocycles. The number of aromatic nitrogens is 1. The van der Waals surface area contributed by atoms with Gasteiger partial charge < -0.3 is 14.2 Å². The lowest BCUT2D eigenvalue weighted by atomic mass is 9.96. The summed E-state index contributed by atoms with van der Waals surface area (Å²) < 4.78 is 11.2. The fraction of sp³-hybridized carbons (Fsp3) is 0.583. The third kappa shape index (κ3) is 5.63. The van der Waals surface area contributed by atoms with E-state index >= 15 is 0 Å². The van der Waals surface area contributed by atoms with Crippen LogP contribution in [0.5, 0.6) is 5.75 Å². The smallest absolute Gasteiger partial charge is 0.226 e. The normalized spacial score (nSPS) is 17.1. The molecule has 0 spiro atoms. The number of benzene rings is 1. The van der Waals surface area contributed by atoms with Crippen LogP contribution in [0.2, 0.25) is 0 Å². The summed E-state index contributed by atoms with van der Waals surface area (Å²) >= 11 is 0. The predicted octanol–water partition coefficient (Wildman–Crippen LogP) is 3.99. The van der Waals surface area contributed by atoms with Crippen molar-refractivity contribution in [2.75, 3.05) is 32.8 Å². The number of nitrogens with zero attached hydrogens (tertiary/aromatic N) is 3. The van der Waals surface area contributed by atoms with E-state index in [1.165, 1.54) is 5.56 Å². The molecule has 1 saturated heterocycles. The minimum atomic E-state index is 0.119. The predicted molar refractivity (Wildman–Crippen MR) is 118 cm³/mol. The van der Waals surface area contributed by atoms with Gasteiger partial charge in [-0.25, -0.2) is 0 Å². The van der Waals surface area contributed by atoms with Gasteiger partial charge in [0.05, 0.1) is 18.2 Å². The minimum Gasteiger partial charge on any atom is -0.493 e. The summed E-state index contributed by atoms with van der Waals surface area (Å²) in [6, 6.07) is 8.29. The Morgan fingerprint density at radius 2 is 2.10 bits per heavy atom. The molecule has 0 N–H and O–H groups in total. The van der Waals surface area contributed by atoms with Crippen molar-refractivity contribution in [1.29, 1.82) is 0 Å². The second-order valence-electron chi connectivity index (χ2n) is 8.13. The zero-order chi connectivity index (χ0) is 21.5. The van der Waals surface area contributed by atoms with Crippen LogP contribution in [-0.2, 0) is 17.8 Å². The van der Waals surface area contributed by atoms with Crippen molar-refractivity contribution in [3.63, 3.8) is 0 Å². The number of rotatable bonds is 9. The number of piperidine rings is 1. The van der Waals surface area contributed by atoms with Crippen LogP contribution in [0.25, 0.3) is 0 Å². The lowest BCUT2D eigenvalue weighted by Gasteiger charge is -2.34. The summed E-state index contributed by atoms with van der Waals surface area (Å²) in [5.74, 6) is 2.17. The summed E-state index contributed by atoms with van der Waals surface area (Å²) in [5, 5.41) is 4.00. The molecule has 164 valence electrons. The maximum Gasteiger partial charge on any atom is 0.226 e. The van der Waals surface area contributed by atoms with Crippen molar-refractivity contribution < 1.29 is 14.1 Å². The number of carbonyl (C=O) groups excluding carboxylic acids is 1. The molecule has 0 saturated carbocycles. The van der Waals surface area contributed by atoms with E-state index in [4.69, 9.17) is 9.26 Å². The highest BCUT2D eigenvalue weighted by Gasteiger charge is 2.28. The number of carbonyl (C=O) groups is 1. The van der Waals surface area contributed by atoms with Crippen LogP contribution in [-0.4, -0.2) is 53.6 Å². The molecule has 1 aliphatic rings. The van der Waals surface area contributed by atoms with Crippen LogP contribution in [0.4, 0.5) is 0 Å². The first kappa shape index (κ1) is 22.3. The summed E-state index contributed by atoms with van der Waals surface area (Å²) in [6.07, 6.45) is 2.86. The highest BCUT2D eigenvalue weighted by molar-refractivity contribution is 5.79. The Morgan fingerprint density at radius 3 is 2.80 bits per heavy atom. The SMILES string of the molecule is CCN(CC)C(=O)C1CCCN(Cc2cccc(OCCc3c(C)noc3C)c2)C1. The van der Waals surface area contributed by atoms with E-state index in [-0.39, 0.29) is 5.92 Å². The Bertz CT molecular complexity index is 809. The van der Waals surface area contributed by atoms with Gasteiger partial charge in [-0.15, -0.1) is 0 Å². The van der Waals surface area contributed by atoms with E-state index in [2.05, 4.69) is 36.0 Å². The average molecular weight is 414 g/mol. The largest absolute Gasteiger partial charge is 0.493 e. The van der Waals surface area contributed by atoms with E-state index in [0.717, 1.165) is 74.8 Å². The molecule has 30 heavy (non-hydrogen) atoms. The first-order valence-electron chi connectivity index (χ1n) is 11.2. The number of hydrogen-bond acceptors (Lipinski definition) is 5. The van der Waals surface area contributed by atoms with E-state index in [1.54, 1.807) is 0 Å². The minimum absolute atomic E-state index is 0.119. The Kier molecular flexibility index (Phi) is 7.91. The van der Waals surface area contributed by atoms with Crippen molar-refractivity contribution in [3.05, 3.63) is 46.8 Å². The molecule has 0 radical (unpaired) electrons. The van der Waals surface area contributed by atoms with E-state index < -0.39 is 0 Å². The quantitative estimate of drug-likeness (QED) is 0.622. The van der Waals surface area contributed by atoms with Crippen molar-refractivity contribution in [2.24, 2.45) is 5.92 Å². The van der Waals surface area contributed by atoms with Gasteiger partial charge in [0.2, 0.25) is 5.91 Å². The second-order valence-corrected chi connectivity index (χ2v) is 8.13. The maximum atomic E-state index is 12.7. The van der Waals surface area contributed by atoms with Crippen LogP contribution in [0.15, 0.2) is 28.8 Å². The van der Waals surface area contributed by atoms with Gasteiger partial charge >= 0.3 is 0 Å². The Labute approximate surface area is 180 Å². The van der Waals surface area contributed by atoms with Crippen molar-refractivity contribution in [1.82, 2.24) is 15.0 Å². The molecule has 1 fully saturated rings. The maximum absolute atomic E-state index is 12.7. The van der Waals surface area contributed by atoms with Gasteiger partial charge in [-0.2, -0.15) is 0 Å². The van der Waals surface area contributed by atoms with Crippen molar-refractivity contribution >= 4 is 5.91 Å². The van der Waals surface area contributed by atoms with E-state index in [9.17, 15) is 4.79 Å². The Hall–Kier alpha value is -2.34. The number of aryl methyl sites for hydroxylation is 2. The first-order chi connectivity index (χ1) is 14.5. The third-order valence-electron chi connectivity index (χ3n) is 6.04. The Balaban J connectivity index is 1.53. The fourth-order valence-electron chi connectivity index (χ4n) is 4.32. The Morgan fingerprint density at radius 1 is 1.30 bits per heavy atom. The third-order valence-corrected chi connectivity index (χ3v) is 6.04. The topological polar surface area (TPSA) is 58.8 Å². The molecule has 6 nitrogen and oxygen atoms in total. The molecule has 0 aliphatic carbocycles. The van der Waals surface area contributed by atoms with Crippen LogP contribution in [0.1, 0.15) is 49.3 Å². The van der Waals surface area contributed by atoms with Gasteiger partial charge in [0.15, 0.2) is 0 Å². The number of amides is 1. The number of ether oxygens (including phenoxy) is 1. The van der Waals surface area contributed by atoms with Crippen LogP contribution >= 0.6 is 0 Å². The summed E-state index contributed by atoms with van der Waals surface area (Å²) in [4.78, 5) is 17.1. The molecule has 2 aromatic rings. The summed E-state index contributed by atoms with van der Waals surface area (Å²) in [7, 11) is 0. The van der Waals surface area contributed by atoms with Gasteiger partial charge in [0.25, 0.3) is 0 Å². The molecule has 1 amide bonds. The highest BCUT2D eigenvalue weighted by Crippen LogP contribution is 2.22. The fourth-order valence-corrected chi connectivity index (χ4v) is 4.32. The van der Waals surface area contributed by atoms with Gasteiger partial charge in [-0.1, -0.05) is 17.3 Å². The van der Waals surface area contributed by atoms with Crippen LogP contribution in [0, 0.1) is 19.8 Å². The molecular weight excluding hydrogens is 378 g/mol. The van der Waals surface area contributed by atoms with Gasteiger partial charge in [0, 0.05) is 38.2 Å². The molecule has 1 unspecified atom stereocenters. The number of hydrogen-bond donors (Lipinski definition) is 0. The second kappa shape index (κ2) is 10.6. The number of likely N-dealkylation sites (tertiary alicyclic amines) is 1. The first-order valence-corrected chi connectivity index (χ1v) is 11.2. The molecule has 1 aliphatic heterocycles. The van der Waals surface area contributed by atoms with E-state index in [0.29, 0.717) is 12.5 Å². The molecule has 1 aromatic carbocycles.